The molecule has 10 rings (SSSR count). The normalized spacial score (nSPS) is 23.5. The third-order valence-corrected chi connectivity index (χ3v) is 22.9. The summed E-state index contributed by atoms with van der Waals surface area (Å²) in [6.45, 7) is 12.1. The predicted molar refractivity (Wildman–Crippen MR) is 312 cm³/mol. The zero-order chi connectivity index (χ0) is 56.2. The minimum absolute atomic E-state index is 0.194. The number of hydrogen-bond acceptors (Lipinski definition) is 11. The maximum atomic E-state index is 13.5. The molecule has 0 saturated carbocycles. The van der Waals surface area contributed by atoms with E-state index in [9.17, 15) is 39.4 Å². The largest absolute Gasteiger partial charge is 0.399 e. The van der Waals surface area contributed by atoms with E-state index in [1.165, 1.54) is 29.1 Å². The van der Waals surface area contributed by atoms with E-state index in [1.807, 2.05) is 68.4 Å². The maximum absolute atomic E-state index is 13.5. The second-order valence-corrected chi connectivity index (χ2v) is 28.5. The van der Waals surface area contributed by atoms with Gasteiger partial charge in [-0.2, -0.15) is 0 Å². The van der Waals surface area contributed by atoms with E-state index in [-0.39, 0.29) is 29.2 Å². The molecule has 10 atom stereocenters. The molecule has 4 unspecified atom stereocenters. The lowest BCUT2D eigenvalue weighted by atomic mass is 9.85. The second kappa shape index (κ2) is 25.1. The van der Waals surface area contributed by atoms with Gasteiger partial charge in [-0.15, -0.1) is 22.7 Å². The van der Waals surface area contributed by atoms with Gasteiger partial charge in [0.1, 0.15) is 54.4 Å². The molecule has 4 heterocycles. The van der Waals surface area contributed by atoms with Crippen molar-refractivity contribution in [1.82, 2.24) is 0 Å². The second-order valence-electron chi connectivity index (χ2n) is 21.9. The summed E-state index contributed by atoms with van der Waals surface area (Å²) in [4.78, 5) is 4.48. The van der Waals surface area contributed by atoms with Crippen molar-refractivity contribution in [2.24, 2.45) is 5.92 Å². The lowest BCUT2D eigenvalue weighted by molar-refractivity contribution is -0.231. The van der Waals surface area contributed by atoms with Gasteiger partial charge in [0.25, 0.3) is 8.32 Å². The van der Waals surface area contributed by atoms with Crippen LogP contribution in [0, 0.1) is 31.4 Å². The summed E-state index contributed by atoms with van der Waals surface area (Å²) in [5, 5.41) is 64.4. The third-order valence-electron chi connectivity index (χ3n) is 15.6. The molecule has 0 radical (unpaired) electrons. The Bertz CT molecular complexity index is 3220. The molecule has 0 spiro atoms. The van der Waals surface area contributed by atoms with Crippen LogP contribution in [0.1, 0.15) is 83.0 Å². The number of hydrogen-bond donors (Lipinski definition) is 6. The van der Waals surface area contributed by atoms with Gasteiger partial charge in [-0.3, -0.25) is 0 Å². The predicted octanol–water partition coefficient (Wildman–Crippen LogP) is 10.8. The summed E-state index contributed by atoms with van der Waals surface area (Å²) in [6, 6.07) is 54.3. The van der Waals surface area contributed by atoms with Crippen LogP contribution in [0.25, 0.3) is 20.9 Å². The van der Waals surface area contributed by atoms with Crippen molar-refractivity contribution >= 4 is 41.4 Å². The smallest absolute Gasteiger partial charge is 0.261 e. The summed E-state index contributed by atoms with van der Waals surface area (Å²) in [7, 11) is -3.06. The summed E-state index contributed by atoms with van der Waals surface area (Å²) < 4.78 is 46.7. The quantitative estimate of drug-likeness (QED) is 0.0585. The first-order valence-electron chi connectivity index (χ1n) is 26.8. The molecule has 79 heavy (non-hydrogen) atoms. The Morgan fingerprint density at radius 1 is 0.519 bits per heavy atom. The van der Waals surface area contributed by atoms with Crippen molar-refractivity contribution in [3.8, 4) is 20.9 Å². The van der Waals surface area contributed by atoms with Crippen molar-refractivity contribution in [2.75, 3.05) is 13.2 Å². The fourth-order valence-electron chi connectivity index (χ4n) is 10.9. The van der Waals surface area contributed by atoms with Crippen LogP contribution in [-0.2, 0) is 26.7 Å². The van der Waals surface area contributed by atoms with Gasteiger partial charge in [-0.1, -0.05) is 149 Å². The maximum Gasteiger partial charge on any atom is 0.261 e. The SMILES string of the molecule is Cc1ccc([C@@H]2O[C@H](CO)C(C)[C@H](O)C2O[Si](c2ccccc2)(c2ccccc2)C(C)(C)C)cc1Cc1ccc(-c2ccc(F)cc2)s1.Cc1ccc([C@@H]2O[C@H](CO)C(O)[C@H](O)C2O)cc1Cc1ccc(-c2ccc(F)cc2)s1. The van der Waals surface area contributed by atoms with Gasteiger partial charge in [0, 0.05) is 38.3 Å². The first-order valence-corrected chi connectivity index (χ1v) is 30.3. The van der Waals surface area contributed by atoms with Crippen LogP contribution >= 0.6 is 22.7 Å². The number of aliphatic hydroxyl groups excluding tert-OH is 6. The van der Waals surface area contributed by atoms with Crippen molar-refractivity contribution in [3.63, 3.8) is 0 Å². The third kappa shape index (κ3) is 12.7. The molecule has 6 aromatic carbocycles. The molecule has 9 nitrogen and oxygen atoms in total. The molecule has 2 saturated heterocycles. The van der Waals surface area contributed by atoms with Gasteiger partial charge in [0.15, 0.2) is 0 Å². The number of aliphatic hydroxyl groups is 6. The Morgan fingerprint density at radius 2 is 0.962 bits per heavy atom. The highest BCUT2D eigenvalue weighted by molar-refractivity contribution is 7.15. The Morgan fingerprint density at radius 3 is 1.41 bits per heavy atom. The minimum Gasteiger partial charge on any atom is -0.399 e. The highest BCUT2D eigenvalue weighted by Crippen LogP contribution is 2.45. The number of thiophene rings is 2. The number of ether oxygens (including phenoxy) is 2. The van der Waals surface area contributed by atoms with E-state index >= 15 is 0 Å². The van der Waals surface area contributed by atoms with Crippen LogP contribution in [-0.4, -0.2) is 94.9 Å². The highest BCUT2D eigenvalue weighted by Gasteiger charge is 2.55. The monoisotopic (exact) mass is 1120 g/mol. The Kier molecular flexibility index (Phi) is 18.4. The van der Waals surface area contributed by atoms with E-state index in [4.69, 9.17) is 13.9 Å². The molecular formula is C65H70F2O9S2Si. The number of benzene rings is 6. The van der Waals surface area contributed by atoms with Gasteiger partial charge >= 0.3 is 0 Å². The lowest BCUT2D eigenvalue weighted by Gasteiger charge is -2.51. The fraction of sp³-hybridized carbons (Fsp3) is 0.323. The van der Waals surface area contributed by atoms with E-state index in [0.717, 1.165) is 70.4 Å². The fourth-order valence-corrected chi connectivity index (χ4v) is 17.7. The average Bonchev–Trinajstić information content (AvgIpc) is 4.17. The molecule has 14 heteroatoms. The van der Waals surface area contributed by atoms with Crippen LogP contribution < -0.4 is 10.4 Å². The molecule has 8 aromatic rings. The molecule has 0 aliphatic carbocycles. The van der Waals surface area contributed by atoms with E-state index in [0.29, 0.717) is 12.0 Å². The van der Waals surface area contributed by atoms with Crippen LogP contribution in [0.2, 0.25) is 5.04 Å². The summed E-state index contributed by atoms with van der Waals surface area (Å²) >= 11 is 3.33. The summed E-state index contributed by atoms with van der Waals surface area (Å²) in [6.07, 6.45) is -7.19. The van der Waals surface area contributed by atoms with Gasteiger partial charge < -0.3 is 44.5 Å². The zero-order valence-corrected chi connectivity index (χ0v) is 47.9. The summed E-state index contributed by atoms with van der Waals surface area (Å²) in [5.41, 5.74) is 7.97. The zero-order valence-electron chi connectivity index (χ0n) is 45.2. The molecule has 0 amide bonds. The molecule has 414 valence electrons. The van der Waals surface area contributed by atoms with Gasteiger partial charge in [-0.05, 0) is 122 Å². The van der Waals surface area contributed by atoms with E-state index in [2.05, 4.69) is 107 Å². The van der Waals surface area contributed by atoms with Crippen LogP contribution in [0.4, 0.5) is 8.78 Å². The molecule has 2 fully saturated rings. The van der Waals surface area contributed by atoms with Gasteiger partial charge in [0.05, 0.1) is 25.4 Å². The Hall–Kier alpha value is -5.56. The summed E-state index contributed by atoms with van der Waals surface area (Å²) in [5.74, 6) is -0.843. The van der Waals surface area contributed by atoms with Crippen molar-refractivity contribution in [3.05, 3.63) is 225 Å². The van der Waals surface area contributed by atoms with Crippen LogP contribution in [0.5, 0.6) is 0 Å². The van der Waals surface area contributed by atoms with Gasteiger partial charge in [-0.25, -0.2) is 8.78 Å². The van der Waals surface area contributed by atoms with Crippen molar-refractivity contribution < 1.29 is 53.3 Å². The van der Waals surface area contributed by atoms with Crippen molar-refractivity contribution in [1.29, 1.82) is 0 Å². The first kappa shape index (κ1) is 58.1. The van der Waals surface area contributed by atoms with E-state index < -0.39 is 69.9 Å². The average molecular weight is 1130 g/mol. The van der Waals surface area contributed by atoms with Gasteiger partial charge in [0.2, 0.25) is 0 Å². The van der Waals surface area contributed by atoms with Crippen molar-refractivity contribution in [2.45, 2.75) is 114 Å². The molecule has 2 aliphatic rings. The molecule has 6 N–H and O–H groups in total. The first-order chi connectivity index (χ1) is 37.9. The highest BCUT2D eigenvalue weighted by atomic mass is 32.1. The molecule has 2 aromatic heterocycles. The minimum atomic E-state index is -3.06. The molecule has 2 aliphatic heterocycles. The topological polar surface area (TPSA) is 149 Å². The van der Waals surface area contributed by atoms with E-state index in [1.54, 1.807) is 34.8 Å². The number of aryl methyl sites for hydroxylation is 2. The number of halogens is 2. The lowest BCUT2D eigenvalue weighted by Crippen LogP contribution is -2.70. The van der Waals surface area contributed by atoms with Crippen LogP contribution in [0.15, 0.2) is 170 Å². The molecular weight excluding hydrogens is 1050 g/mol. The Labute approximate surface area is 471 Å². The Balaban J connectivity index is 0.000000210. The number of rotatable bonds is 14. The van der Waals surface area contributed by atoms with Crippen LogP contribution in [0.3, 0.4) is 0 Å². The molecule has 0 bridgehead atoms. The standard InChI is InChI=1S/C41H45FO4SSi.C24H25FO5S/c1-27-16-17-30(24-31(27)25-33-22-23-37(47-33)29-18-20-32(42)21-19-29)39-40(38(44)28(2)36(26-43)45-39)46-48(41(3,4)5,34-12-8-6-9-13-34)35-14-10-7-11-15-35;1-13-2-3-15(24-23(29)22(28)21(27)19(12-26)30-24)10-16(13)11-18-8-9-20(31-18)14-4-6-17(25)7-5-14/h6-24,28,36,38-40,43-44H,25-26H2,1-5H3;2-10,19,21-24,26-29H,11-12H2,1H3/t28?,36-,38+,39+,40?;19-,21?,22+,23?,24+/m11/s1.